The van der Waals surface area contributed by atoms with Crippen molar-refractivity contribution < 1.29 is 14.3 Å². The molecule has 0 radical (unpaired) electrons. The zero-order valence-corrected chi connectivity index (χ0v) is 16.5. The summed E-state index contributed by atoms with van der Waals surface area (Å²) in [6.07, 6.45) is 7.18. The molecule has 1 aromatic rings. The Morgan fingerprint density at radius 1 is 1.38 bits per heavy atom. The van der Waals surface area contributed by atoms with Gasteiger partial charge in [0.15, 0.2) is 0 Å². The summed E-state index contributed by atoms with van der Waals surface area (Å²) in [5.41, 5.74) is 1.69. The average molecular weight is 381 g/mol. The molecule has 144 valence electrons. The van der Waals surface area contributed by atoms with Gasteiger partial charge in [0.2, 0.25) is 0 Å². The van der Waals surface area contributed by atoms with E-state index in [1.54, 1.807) is 13.2 Å². The second kappa shape index (κ2) is 8.96. The van der Waals surface area contributed by atoms with Gasteiger partial charge in [0.25, 0.3) is 0 Å². The van der Waals surface area contributed by atoms with Crippen LogP contribution in [0.2, 0.25) is 5.02 Å². The molecule has 2 atom stereocenters. The van der Waals surface area contributed by atoms with Crippen molar-refractivity contribution in [1.29, 1.82) is 0 Å². The lowest BCUT2D eigenvalue weighted by atomic mass is 9.91. The third-order valence-electron chi connectivity index (χ3n) is 5.44. The Morgan fingerprint density at radius 2 is 2.19 bits per heavy atom. The first-order valence-electron chi connectivity index (χ1n) is 9.70. The standard InChI is InChI=1S/C20H29ClN2O3/c1-3-4-12-23(16-7-5-6-8-18(16)25-2)20(24)22-19-14-11-13-26-17(14)10-9-15(19)21/h9-10,16,18H,3-8,11-13H2,1-2H3,(H,22,24)/t16-,18-/m1/s1. The molecule has 6 heteroatoms. The molecule has 2 aliphatic rings. The predicted molar refractivity (Wildman–Crippen MR) is 104 cm³/mol. The van der Waals surface area contributed by atoms with Gasteiger partial charge in [-0.1, -0.05) is 37.8 Å². The molecular formula is C20H29ClN2O3. The number of unbranched alkanes of at least 4 members (excludes halogenated alkanes) is 1. The molecule has 26 heavy (non-hydrogen) atoms. The van der Waals surface area contributed by atoms with Crippen LogP contribution in [0.15, 0.2) is 12.1 Å². The maximum absolute atomic E-state index is 13.2. The number of anilines is 1. The zero-order chi connectivity index (χ0) is 18.5. The summed E-state index contributed by atoms with van der Waals surface area (Å²) in [5, 5.41) is 3.64. The first kappa shape index (κ1) is 19.3. The minimum atomic E-state index is -0.0883. The van der Waals surface area contributed by atoms with Gasteiger partial charge in [-0.15, -0.1) is 0 Å². The third kappa shape index (κ3) is 4.09. The van der Waals surface area contributed by atoms with Crippen LogP contribution in [0, 0.1) is 0 Å². The maximum Gasteiger partial charge on any atom is 0.322 e. The molecule has 1 saturated carbocycles. The number of hydrogen-bond acceptors (Lipinski definition) is 3. The second-order valence-electron chi connectivity index (χ2n) is 7.10. The van der Waals surface area contributed by atoms with Crippen LogP contribution in [0.25, 0.3) is 0 Å². The summed E-state index contributed by atoms with van der Waals surface area (Å²) in [7, 11) is 1.75. The van der Waals surface area contributed by atoms with Crippen molar-refractivity contribution in [2.45, 2.75) is 64.0 Å². The summed E-state index contributed by atoms with van der Waals surface area (Å²) < 4.78 is 11.3. The number of benzene rings is 1. The molecule has 5 nitrogen and oxygen atoms in total. The minimum absolute atomic E-state index is 0.0883. The predicted octanol–water partition coefficient (Wildman–Crippen LogP) is 4.87. The lowest BCUT2D eigenvalue weighted by Gasteiger charge is -2.39. The van der Waals surface area contributed by atoms with E-state index in [1.165, 1.54) is 0 Å². The van der Waals surface area contributed by atoms with Gasteiger partial charge in [-0.3, -0.25) is 0 Å². The van der Waals surface area contributed by atoms with E-state index in [9.17, 15) is 4.79 Å². The fourth-order valence-electron chi connectivity index (χ4n) is 4.02. The largest absolute Gasteiger partial charge is 0.493 e. The topological polar surface area (TPSA) is 50.8 Å². The van der Waals surface area contributed by atoms with Gasteiger partial charge in [0.05, 0.1) is 29.5 Å². The molecule has 1 heterocycles. The fourth-order valence-corrected chi connectivity index (χ4v) is 4.24. The first-order valence-corrected chi connectivity index (χ1v) is 10.1. The molecule has 0 unspecified atom stereocenters. The van der Waals surface area contributed by atoms with Gasteiger partial charge < -0.3 is 19.7 Å². The molecule has 2 amide bonds. The number of halogens is 1. The quantitative estimate of drug-likeness (QED) is 0.766. The molecular weight excluding hydrogens is 352 g/mol. The molecule has 1 N–H and O–H groups in total. The lowest BCUT2D eigenvalue weighted by Crippen LogP contribution is -2.51. The highest BCUT2D eigenvalue weighted by molar-refractivity contribution is 6.34. The molecule has 0 spiro atoms. The van der Waals surface area contributed by atoms with Crippen LogP contribution in [-0.2, 0) is 11.2 Å². The zero-order valence-electron chi connectivity index (χ0n) is 15.7. The van der Waals surface area contributed by atoms with Gasteiger partial charge in [-0.05, 0) is 31.4 Å². The fraction of sp³-hybridized carbons (Fsp3) is 0.650. The number of fused-ring (bicyclic) bond motifs is 1. The van der Waals surface area contributed by atoms with E-state index in [0.717, 1.165) is 62.8 Å². The number of urea groups is 1. The van der Waals surface area contributed by atoms with E-state index < -0.39 is 0 Å². The normalized spacial score (nSPS) is 21.8. The molecule has 1 aliphatic heterocycles. The van der Waals surface area contributed by atoms with E-state index in [-0.39, 0.29) is 18.2 Å². The van der Waals surface area contributed by atoms with Crippen molar-refractivity contribution in [3.05, 3.63) is 22.7 Å². The number of carbonyl (C=O) groups is 1. The Hall–Kier alpha value is -1.46. The van der Waals surface area contributed by atoms with Crippen LogP contribution in [0.3, 0.4) is 0 Å². The van der Waals surface area contributed by atoms with Crippen LogP contribution in [0.1, 0.15) is 51.0 Å². The highest BCUT2D eigenvalue weighted by atomic mass is 35.5. The van der Waals surface area contributed by atoms with E-state index in [2.05, 4.69) is 12.2 Å². The first-order chi connectivity index (χ1) is 12.7. The van der Waals surface area contributed by atoms with Crippen molar-refractivity contribution in [3.8, 4) is 5.75 Å². The smallest absolute Gasteiger partial charge is 0.322 e. The summed E-state index contributed by atoms with van der Waals surface area (Å²) in [5.74, 6) is 0.817. The molecule has 0 saturated heterocycles. The van der Waals surface area contributed by atoms with E-state index in [4.69, 9.17) is 21.1 Å². The Bertz CT molecular complexity index is 638. The van der Waals surface area contributed by atoms with Gasteiger partial charge in [-0.25, -0.2) is 4.79 Å². The molecule has 1 aromatic carbocycles. The van der Waals surface area contributed by atoms with Crippen molar-refractivity contribution in [2.75, 3.05) is 25.6 Å². The number of methoxy groups -OCH3 is 1. The highest BCUT2D eigenvalue weighted by Gasteiger charge is 2.33. The van der Waals surface area contributed by atoms with E-state index >= 15 is 0 Å². The Morgan fingerprint density at radius 3 is 2.96 bits per heavy atom. The second-order valence-corrected chi connectivity index (χ2v) is 7.51. The van der Waals surface area contributed by atoms with Gasteiger partial charge in [0.1, 0.15) is 5.75 Å². The van der Waals surface area contributed by atoms with Gasteiger partial charge in [0, 0.05) is 25.6 Å². The highest BCUT2D eigenvalue weighted by Crippen LogP contribution is 2.37. The van der Waals surface area contributed by atoms with Crippen LogP contribution >= 0.6 is 11.6 Å². The SMILES string of the molecule is CCCCN(C(=O)Nc1c(Cl)ccc2c1CCO2)[C@@H]1CCCC[C@H]1OC. The monoisotopic (exact) mass is 380 g/mol. The molecule has 3 rings (SSSR count). The van der Waals surface area contributed by atoms with Crippen LogP contribution in [-0.4, -0.2) is 43.3 Å². The van der Waals surface area contributed by atoms with E-state index in [1.807, 2.05) is 11.0 Å². The van der Waals surface area contributed by atoms with Crippen molar-refractivity contribution >= 4 is 23.3 Å². The molecule has 0 aromatic heterocycles. The van der Waals surface area contributed by atoms with Crippen molar-refractivity contribution in [1.82, 2.24) is 4.90 Å². The van der Waals surface area contributed by atoms with E-state index in [0.29, 0.717) is 17.3 Å². The lowest BCUT2D eigenvalue weighted by molar-refractivity contribution is 0.00469. The third-order valence-corrected chi connectivity index (χ3v) is 5.76. The summed E-state index contributed by atoms with van der Waals surface area (Å²) in [6, 6.07) is 3.69. The van der Waals surface area contributed by atoms with Gasteiger partial charge in [-0.2, -0.15) is 0 Å². The summed E-state index contributed by atoms with van der Waals surface area (Å²) >= 11 is 6.39. The van der Waals surface area contributed by atoms with Gasteiger partial charge >= 0.3 is 6.03 Å². The minimum Gasteiger partial charge on any atom is -0.493 e. The average Bonchev–Trinajstić information content (AvgIpc) is 3.13. The number of carbonyl (C=O) groups excluding carboxylic acids is 1. The summed E-state index contributed by atoms with van der Waals surface area (Å²) in [6.45, 7) is 3.51. The molecule has 1 aliphatic carbocycles. The van der Waals surface area contributed by atoms with Crippen LogP contribution in [0.5, 0.6) is 5.75 Å². The number of amides is 2. The van der Waals surface area contributed by atoms with Crippen molar-refractivity contribution in [2.24, 2.45) is 0 Å². The number of nitrogens with zero attached hydrogens (tertiary/aromatic N) is 1. The van der Waals surface area contributed by atoms with Crippen LogP contribution < -0.4 is 10.1 Å². The Labute approximate surface area is 161 Å². The molecule has 0 bridgehead atoms. The number of rotatable bonds is 6. The number of nitrogens with one attached hydrogen (secondary N) is 1. The summed E-state index contributed by atoms with van der Waals surface area (Å²) in [4.78, 5) is 15.2. The molecule has 1 fully saturated rings. The Kier molecular flexibility index (Phi) is 6.65. The van der Waals surface area contributed by atoms with Crippen LogP contribution in [0.4, 0.5) is 10.5 Å². The maximum atomic E-state index is 13.2. The number of ether oxygens (including phenoxy) is 2. The Balaban J connectivity index is 1.81. The number of hydrogen-bond donors (Lipinski definition) is 1. The van der Waals surface area contributed by atoms with Crippen molar-refractivity contribution in [3.63, 3.8) is 0 Å².